The maximum atomic E-state index is 11.7. The van der Waals surface area contributed by atoms with Gasteiger partial charge in [0.25, 0.3) is 5.91 Å². The van der Waals surface area contributed by atoms with Crippen molar-refractivity contribution < 1.29 is 9.53 Å². The zero-order valence-corrected chi connectivity index (χ0v) is 10.2. The van der Waals surface area contributed by atoms with Gasteiger partial charge in [-0.3, -0.25) is 9.78 Å². The summed E-state index contributed by atoms with van der Waals surface area (Å²) in [4.78, 5) is 15.6. The minimum atomic E-state index is -0.145. The first-order valence-corrected chi connectivity index (χ1v) is 5.33. The molecule has 0 bridgehead atoms. The second-order valence-corrected chi connectivity index (χ2v) is 4.14. The van der Waals surface area contributed by atoms with Crippen LogP contribution in [-0.4, -0.2) is 30.6 Å². The van der Waals surface area contributed by atoms with Gasteiger partial charge < -0.3 is 10.1 Å². The Morgan fingerprint density at radius 2 is 2.40 bits per heavy atom. The van der Waals surface area contributed by atoms with Gasteiger partial charge in [-0.15, -0.1) is 0 Å². The van der Waals surface area contributed by atoms with Gasteiger partial charge in [-0.2, -0.15) is 0 Å². The summed E-state index contributed by atoms with van der Waals surface area (Å²) in [5.74, 6) is -0.145. The molecular formula is C10H13BrN2O2. The summed E-state index contributed by atoms with van der Waals surface area (Å²) >= 11 is 3.26. The largest absolute Gasteiger partial charge is 0.383 e. The van der Waals surface area contributed by atoms with Gasteiger partial charge >= 0.3 is 0 Å². The molecule has 0 radical (unpaired) electrons. The molecule has 15 heavy (non-hydrogen) atoms. The average Bonchev–Trinajstić information content (AvgIpc) is 2.18. The number of rotatable bonds is 4. The van der Waals surface area contributed by atoms with Crippen LogP contribution >= 0.6 is 15.9 Å². The molecule has 82 valence electrons. The molecule has 1 rings (SSSR count). The lowest BCUT2D eigenvalue weighted by Crippen LogP contribution is -2.35. The predicted molar refractivity (Wildman–Crippen MR) is 60.7 cm³/mol. The normalized spacial score (nSPS) is 12.2. The number of ether oxygens (including phenoxy) is 1. The molecule has 0 fully saturated rings. The van der Waals surface area contributed by atoms with Crippen molar-refractivity contribution in [2.45, 2.75) is 13.0 Å². The standard InChI is InChI=1S/C10H13BrN2O2/c1-7(6-15-2)13-10(14)8-3-9(11)5-12-4-8/h3-5,7H,6H2,1-2H3,(H,13,14)/t7-/m1/s1. The van der Waals surface area contributed by atoms with E-state index < -0.39 is 0 Å². The summed E-state index contributed by atoms with van der Waals surface area (Å²) in [5.41, 5.74) is 0.535. The molecule has 1 atom stereocenters. The zero-order chi connectivity index (χ0) is 11.3. The molecule has 1 N–H and O–H groups in total. The third-order valence-corrected chi connectivity index (χ3v) is 2.19. The Bertz CT molecular complexity index is 344. The molecule has 1 amide bonds. The summed E-state index contributed by atoms with van der Waals surface area (Å²) in [6.45, 7) is 2.37. The van der Waals surface area contributed by atoms with Crippen molar-refractivity contribution in [1.29, 1.82) is 0 Å². The Labute approximate surface area is 97.2 Å². The molecule has 0 saturated heterocycles. The molecule has 0 aliphatic rings. The predicted octanol–water partition coefficient (Wildman–Crippen LogP) is 1.61. The first-order chi connectivity index (χ1) is 7.13. The van der Waals surface area contributed by atoms with Crippen LogP contribution in [0.1, 0.15) is 17.3 Å². The third-order valence-electron chi connectivity index (χ3n) is 1.76. The van der Waals surface area contributed by atoms with Crippen molar-refractivity contribution >= 4 is 21.8 Å². The van der Waals surface area contributed by atoms with Crippen molar-refractivity contribution in [2.24, 2.45) is 0 Å². The Morgan fingerprint density at radius 1 is 1.67 bits per heavy atom. The summed E-state index contributed by atoms with van der Waals surface area (Å²) in [7, 11) is 1.60. The third kappa shape index (κ3) is 3.97. The number of carbonyl (C=O) groups excluding carboxylic acids is 1. The van der Waals surface area contributed by atoms with Crippen molar-refractivity contribution in [3.8, 4) is 0 Å². The van der Waals surface area contributed by atoms with E-state index in [-0.39, 0.29) is 11.9 Å². The molecule has 0 unspecified atom stereocenters. The van der Waals surface area contributed by atoms with Crippen LogP contribution in [0, 0.1) is 0 Å². The van der Waals surface area contributed by atoms with Gasteiger partial charge in [-0.25, -0.2) is 0 Å². The fourth-order valence-electron chi connectivity index (χ4n) is 1.13. The maximum Gasteiger partial charge on any atom is 0.253 e. The summed E-state index contributed by atoms with van der Waals surface area (Å²) in [6.07, 6.45) is 3.16. The van der Waals surface area contributed by atoms with Crippen LogP contribution in [0.4, 0.5) is 0 Å². The van der Waals surface area contributed by atoms with Gasteiger partial charge in [0.2, 0.25) is 0 Å². The van der Waals surface area contributed by atoms with E-state index in [0.717, 1.165) is 4.47 Å². The highest BCUT2D eigenvalue weighted by Gasteiger charge is 2.09. The van der Waals surface area contributed by atoms with Crippen LogP contribution < -0.4 is 5.32 Å². The van der Waals surface area contributed by atoms with Crippen LogP contribution in [0.25, 0.3) is 0 Å². The average molecular weight is 273 g/mol. The van der Waals surface area contributed by atoms with Crippen LogP contribution in [0.5, 0.6) is 0 Å². The van der Waals surface area contributed by atoms with E-state index >= 15 is 0 Å². The number of hydrogen-bond donors (Lipinski definition) is 1. The van der Waals surface area contributed by atoms with E-state index in [9.17, 15) is 4.79 Å². The Morgan fingerprint density at radius 3 is 3.00 bits per heavy atom. The number of halogens is 1. The van der Waals surface area contributed by atoms with E-state index in [2.05, 4.69) is 26.2 Å². The molecule has 0 spiro atoms. The van der Waals surface area contributed by atoms with Gasteiger partial charge in [0.1, 0.15) is 0 Å². The second kappa shape index (κ2) is 5.82. The van der Waals surface area contributed by atoms with Crippen LogP contribution in [0.15, 0.2) is 22.9 Å². The smallest absolute Gasteiger partial charge is 0.253 e. The lowest BCUT2D eigenvalue weighted by Gasteiger charge is -2.12. The fourth-order valence-corrected chi connectivity index (χ4v) is 1.50. The molecule has 0 saturated carbocycles. The first-order valence-electron chi connectivity index (χ1n) is 4.54. The highest BCUT2D eigenvalue weighted by atomic mass is 79.9. The minimum Gasteiger partial charge on any atom is -0.383 e. The molecule has 0 aliphatic heterocycles. The molecular weight excluding hydrogens is 260 g/mol. The number of methoxy groups -OCH3 is 1. The number of nitrogens with zero attached hydrogens (tertiary/aromatic N) is 1. The summed E-state index contributed by atoms with van der Waals surface area (Å²) < 4.78 is 5.71. The number of carbonyl (C=O) groups is 1. The highest BCUT2D eigenvalue weighted by Crippen LogP contribution is 2.09. The van der Waals surface area contributed by atoms with Crippen LogP contribution in [0.3, 0.4) is 0 Å². The van der Waals surface area contributed by atoms with Gasteiger partial charge in [-0.05, 0) is 28.9 Å². The quantitative estimate of drug-likeness (QED) is 0.906. The van der Waals surface area contributed by atoms with Gasteiger partial charge in [0.05, 0.1) is 12.2 Å². The zero-order valence-electron chi connectivity index (χ0n) is 8.66. The van der Waals surface area contributed by atoms with Crippen molar-refractivity contribution in [2.75, 3.05) is 13.7 Å². The number of hydrogen-bond acceptors (Lipinski definition) is 3. The molecule has 1 heterocycles. The SMILES string of the molecule is COC[C@@H](C)NC(=O)c1cncc(Br)c1. The molecule has 1 aromatic rings. The van der Waals surface area contributed by atoms with Crippen LogP contribution in [-0.2, 0) is 4.74 Å². The van der Waals surface area contributed by atoms with E-state index in [0.29, 0.717) is 12.2 Å². The molecule has 4 nitrogen and oxygen atoms in total. The van der Waals surface area contributed by atoms with Gasteiger partial charge in [0.15, 0.2) is 0 Å². The van der Waals surface area contributed by atoms with Gasteiger partial charge in [-0.1, -0.05) is 0 Å². The molecule has 0 aliphatic carbocycles. The number of pyridine rings is 1. The monoisotopic (exact) mass is 272 g/mol. The highest BCUT2D eigenvalue weighted by molar-refractivity contribution is 9.10. The van der Waals surface area contributed by atoms with Crippen molar-refractivity contribution in [3.63, 3.8) is 0 Å². The number of amides is 1. The Hall–Kier alpha value is -0.940. The summed E-state index contributed by atoms with van der Waals surface area (Å²) in [5, 5.41) is 2.80. The topological polar surface area (TPSA) is 51.2 Å². The second-order valence-electron chi connectivity index (χ2n) is 3.22. The Balaban J connectivity index is 2.61. The number of aromatic nitrogens is 1. The van der Waals surface area contributed by atoms with Crippen LogP contribution in [0.2, 0.25) is 0 Å². The maximum absolute atomic E-state index is 11.7. The lowest BCUT2D eigenvalue weighted by atomic mass is 10.2. The molecule has 0 aromatic carbocycles. The van der Waals surface area contributed by atoms with E-state index in [1.807, 2.05) is 6.92 Å². The summed E-state index contributed by atoms with van der Waals surface area (Å²) in [6, 6.07) is 1.71. The molecule has 5 heteroatoms. The fraction of sp³-hybridized carbons (Fsp3) is 0.400. The molecule has 1 aromatic heterocycles. The number of nitrogens with one attached hydrogen (secondary N) is 1. The van der Waals surface area contributed by atoms with Gasteiger partial charge in [0, 0.05) is 30.0 Å². The van der Waals surface area contributed by atoms with Crippen molar-refractivity contribution in [3.05, 3.63) is 28.5 Å². The van der Waals surface area contributed by atoms with E-state index in [1.54, 1.807) is 19.4 Å². The van der Waals surface area contributed by atoms with E-state index in [4.69, 9.17) is 4.74 Å². The first kappa shape index (κ1) is 12.1. The lowest BCUT2D eigenvalue weighted by molar-refractivity contribution is 0.0905. The Kier molecular flexibility index (Phi) is 4.71. The van der Waals surface area contributed by atoms with E-state index in [1.165, 1.54) is 6.20 Å². The van der Waals surface area contributed by atoms with Crippen molar-refractivity contribution in [1.82, 2.24) is 10.3 Å². The minimum absolute atomic E-state index is 0.0125.